The summed E-state index contributed by atoms with van der Waals surface area (Å²) in [6.45, 7) is 3.05. The Bertz CT molecular complexity index is 769. The van der Waals surface area contributed by atoms with Gasteiger partial charge in [0.05, 0.1) is 23.4 Å². The van der Waals surface area contributed by atoms with Gasteiger partial charge in [0.1, 0.15) is 18.4 Å². The van der Waals surface area contributed by atoms with Crippen molar-refractivity contribution in [2.45, 2.75) is 19.9 Å². The third-order valence-corrected chi connectivity index (χ3v) is 3.89. The van der Waals surface area contributed by atoms with Crippen molar-refractivity contribution >= 4 is 32.6 Å². The number of rotatable bonds is 6. The highest BCUT2D eigenvalue weighted by molar-refractivity contribution is 7.22. The van der Waals surface area contributed by atoms with E-state index in [1.807, 2.05) is 25.1 Å². The first-order valence-corrected chi connectivity index (χ1v) is 7.72. The van der Waals surface area contributed by atoms with Crippen molar-refractivity contribution in [3.8, 4) is 5.75 Å². The molecule has 0 bridgehead atoms. The summed E-state index contributed by atoms with van der Waals surface area (Å²) in [6.07, 6.45) is 3.35. The second-order valence-corrected chi connectivity index (χ2v) is 5.57. The van der Waals surface area contributed by atoms with Gasteiger partial charge in [-0.2, -0.15) is 5.10 Å². The molecule has 1 amide bonds. The van der Waals surface area contributed by atoms with E-state index >= 15 is 0 Å². The van der Waals surface area contributed by atoms with E-state index in [2.05, 4.69) is 20.4 Å². The van der Waals surface area contributed by atoms with Crippen molar-refractivity contribution in [2.75, 3.05) is 11.9 Å². The molecule has 0 aliphatic heterocycles. The highest BCUT2D eigenvalue weighted by Gasteiger charge is 2.09. The highest BCUT2D eigenvalue weighted by Crippen LogP contribution is 2.29. The number of hydrogen-bond acceptors (Lipinski definition) is 6. The number of nitrogens with zero attached hydrogens (tertiary/aromatic N) is 4. The van der Waals surface area contributed by atoms with Crippen LogP contribution in [0, 0.1) is 0 Å². The number of benzene rings is 1. The van der Waals surface area contributed by atoms with Gasteiger partial charge in [-0.15, -0.1) is 0 Å². The van der Waals surface area contributed by atoms with Crippen molar-refractivity contribution in [2.24, 2.45) is 0 Å². The number of thiazole rings is 1. The molecule has 0 saturated heterocycles. The lowest BCUT2D eigenvalue weighted by Crippen LogP contribution is -2.14. The average Bonchev–Trinajstić information content (AvgIpc) is 3.13. The molecule has 2 aromatic heterocycles. The summed E-state index contributed by atoms with van der Waals surface area (Å²) in [4.78, 5) is 20.2. The van der Waals surface area contributed by atoms with E-state index in [4.69, 9.17) is 4.74 Å². The molecule has 0 saturated carbocycles. The third-order valence-electron chi connectivity index (χ3n) is 2.95. The van der Waals surface area contributed by atoms with Gasteiger partial charge in [0.15, 0.2) is 5.13 Å². The fraction of sp³-hybridized carbons (Fsp3) is 0.286. The van der Waals surface area contributed by atoms with E-state index in [9.17, 15) is 4.79 Å². The van der Waals surface area contributed by atoms with Gasteiger partial charge in [-0.25, -0.2) is 9.97 Å². The first-order valence-electron chi connectivity index (χ1n) is 6.90. The fourth-order valence-electron chi connectivity index (χ4n) is 1.96. The Morgan fingerprint density at radius 1 is 1.45 bits per heavy atom. The largest absolute Gasteiger partial charge is 0.494 e. The molecule has 8 heteroatoms. The molecule has 0 atom stereocenters. The number of aromatic nitrogens is 4. The molecular weight excluding hydrogens is 302 g/mol. The van der Waals surface area contributed by atoms with Crippen LogP contribution in [-0.2, 0) is 11.3 Å². The number of anilines is 1. The lowest BCUT2D eigenvalue weighted by atomic mass is 10.3. The smallest absolute Gasteiger partial charge is 0.228 e. The van der Waals surface area contributed by atoms with Gasteiger partial charge in [0.25, 0.3) is 0 Å². The van der Waals surface area contributed by atoms with Crippen LogP contribution in [0.2, 0.25) is 0 Å². The standard InChI is InChI=1S/C14H15N5O2S/c1-2-21-10-3-4-11-12(7-10)22-14(17-11)18-13(20)5-6-19-9-15-8-16-19/h3-4,7-9H,2,5-6H2,1H3,(H,17,18,20). The minimum atomic E-state index is -0.0976. The normalized spacial score (nSPS) is 10.8. The second-order valence-electron chi connectivity index (χ2n) is 4.54. The Balaban J connectivity index is 1.64. The number of hydrogen-bond donors (Lipinski definition) is 1. The molecule has 0 unspecified atom stereocenters. The zero-order valence-corrected chi connectivity index (χ0v) is 12.8. The number of amides is 1. The summed E-state index contributed by atoms with van der Waals surface area (Å²) in [7, 11) is 0. The van der Waals surface area contributed by atoms with Crippen molar-refractivity contribution < 1.29 is 9.53 Å². The second kappa shape index (κ2) is 6.52. The van der Waals surface area contributed by atoms with Crippen molar-refractivity contribution in [1.82, 2.24) is 19.7 Å². The molecule has 0 aliphatic rings. The number of carbonyl (C=O) groups excluding carboxylic acids is 1. The first kappa shape index (κ1) is 14.5. The monoisotopic (exact) mass is 317 g/mol. The molecule has 1 aromatic carbocycles. The van der Waals surface area contributed by atoms with Gasteiger partial charge in [-0.3, -0.25) is 9.48 Å². The van der Waals surface area contributed by atoms with E-state index in [-0.39, 0.29) is 5.91 Å². The summed E-state index contributed by atoms with van der Waals surface area (Å²) < 4.78 is 8.06. The minimum absolute atomic E-state index is 0.0976. The average molecular weight is 317 g/mol. The number of carbonyl (C=O) groups is 1. The van der Waals surface area contributed by atoms with E-state index in [0.29, 0.717) is 24.7 Å². The van der Waals surface area contributed by atoms with E-state index < -0.39 is 0 Å². The maximum absolute atomic E-state index is 11.9. The molecule has 7 nitrogen and oxygen atoms in total. The minimum Gasteiger partial charge on any atom is -0.494 e. The van der Waals surface area contributed by atoms with Crippen LogP contribution in [0.4, 0.5) is 5.13 Å². The van der Waals surface area contributed by atoms with E-state index in [1.165, 1.54) is 17.7 Å². The molecule has 0 fully saturated rings. The van der Waals surface area contributed by atoms with Gasteiger partial charge < -0.3 is 10.1 Å². The van der Waals surface area contributed by atoms with Crippen molar-refractivity contribution in [3.63, 3.8) is 0 Å². The zero-order valence-electron chi connectivity index (χ0n) is 12.0. The fourth-order valence-corrected chi connectivity index (χ4v) is 2.87. The van der Waals surface area contributed by atoms with Gasteiger partial charge in [0.2, 0.25) is 5.91 Å². The summed E-state index contributed by atoms with van der Waals surface area (Å²) in [6, 6.07) is 5.70. The molecule has 0 spiro atoms. The van der Waals surface area contributed by atoms with Crippen LogP contribution in [-0.4, -0.2) is 32.3 Å². The SMILES string of the molecule is CCOc1ccc2nc(NC(=O)CCn3cncn3)sc2c1. The predicted octanol–water partition coefficient (Wildman–Crippen LogP) is 2.32. The maximum Gasteiger partial charge on any atom is 0.228 e. The summed E-state index contributed by atoms with van der Waals surface area (Å²) >= 11 is 1.43. The third kappa shape index (κ3) is 3.40. The van der Waals surface area contributed by atoms with Gasteiger partial charge in [0, 0.05) is 6.42 Å². The summed E-state index contributed by atoms with van der Waals surface area (Å²) in [5.74, 6) is 0.710. The Morgan fingerprint density at radius 3 is 3.14 bits per heavy atom. The van der Waals surface area contributed by atoms with Crippen LogP contribution in [0.5, 0.6) is 5.75 Å². The van der Waals surface area contributed by atoms with Crippen LogP contribution in [0.15, 0.2) is 30.9 Å². The summed E-state index contributed by atoms with van der Waals surface area (Å²) in [5.41, 5.74) is 0.847. The lowest BCUT2D eigenvalue weighted by molar-refractivity contribution is -0.116. The number of nitrogens with one attached hydrogen (secondary N) is 1. The van der Waals surface area contributed by atoms with Crippen LogP contribution in [0.3, 0.4) is 0 Å². The Morgan fingerprint density at radius 2 is 2.36 bits per heavy atom. The maximum atomic E-state index is 11.9. The number of ether oxygens (including phenoxy) is 1. The summed E-state index contributed by atoms with van der Waals surface area (Å²) in [5, 5.41) is 7.36. The number of fused-ring (bicyclic) bond motifs is 1. The molecule has 0 aliphatic carbocycles. The number of aryl methyl sites for hydroxylation is 1. The predicted molar refractivity (Wildman–Crippen MR) is 84.1 cm³/mol. The quantitative estimate of drug-likeness (QED) is 0.754. The molecule has 114 valence electrons. The molecule has 0 radical (unpaired) electrons. The molecular formula is C14H15N5O2S. The highest BCUT2D eigenvalue weighted by atomic mass is 32.1. The molecule has 1 N–H and O–H groups in total. The molecule has 3 aromatic rings. The van der Waals surface area contributed by atoms with Crippen molar-refractivity contribution in [1.29, 1.82) is 0 Å². The zero-order chi connectivity index (χ0) is 15.4. The Hall–Kier alpha value is -2.48. The Labute approximate surface area is 131 Å². The van der Waals surface area contributed by atoms with Crippen LogP contribution < -0.4 is 10.1 Å². The van der Waals surface area contributed by atoms with Crippen LogP contribution >= 0.6 is 11.3 Å². The molecule has 22 heavy (non-hydrogen) atoms. The van der Waals surface area contributed by atoms with E-state index in [1.54, 1.807) is 11.0 Å². The van der Waals surface area contributed by atoms with Crippen LogP contribution in [0.25, 0.3) is 10.2 Å². The first-order chi connectivity index (χ1) is 10.7. The van der Waals surface area contributed by atoms with E-state index in [0.717, 1.165) is 16.0 Å². The molecule has 3 rings (SSSR count). The van der Waals surface area contributed by atoms with Gasteiger partial charge in [-0.1, -0.05) is 11.3 Å². The van der Waals surface area contributed by atoms with Crippen LogP contribution in [0.1, 0.15) is 13.3 Å². The lowest BCUT2D eigenvalue weighted by Gasteiger charge is -2.01. The molecule has 2 heterocycles. The van der Waals surface area contributed by atoms with Gasteiger partial charge in [-0.05, 0) is 25.1 Å². The topological polar surface area (TPSA) is 81.9 Å². The van der Waals surface area contributed by atoms with Gasteiger partial charge >= 0.3 is 0 Å². The van der Waals surface area contributed by atoms with Crippen molar-refractivity contribution in [3.05, 3.63) is 30.9 Å². The Kier molecular flexibility index (Phi) is 4.29.